The number of hydrogen-bond acceptors (Lipinski definition) is 3. The maximum absolute atomic E-state index is 5.72. The molecule has 0 radical (unpaired) electrons. The molecule has 2 rings (SSSR count). The van der Waals surface area contributed by atoms with Gasteiger partial charge in [-0.1, -0.05) is 26.0 Å². The zero-order chi connectivity index (χ0) is 13.5. The summed E-state index contributed by atoms with van der Waals surface area (Å²) in [5.41, 5.74) is 1.12. The van der Waals surface area contributed by atoms with Crippen LogP contribution >= 0.6 is 11.3 Å². The summed E-state index contributed by atoms with van der Waals surface area (Å²) in [6.07, 6.45) is 1.06. The van der Waals surface area contributed by atoms with E-state index in [1.807, 2.05) is 23.5 Å². The van der Waals surface area contributed by atoms with Gasteiger partial charge in [0.2, 0.25) is 0 Å². The lowest BCUT2D eigenvalue weighted by Crippen LogP contribution is -2.06. The zero-order valence-electron chi connectivity index (χ0n) is 11.6. The highest BCUT2D eigenvalue weighted by molar-refractivity contribution is 7.09. The van der Waals surface area contributed by atoms with E-state index in [9.17, 15) is 0 Å². The van der Waals surface area contributed by atoms with Crippen LogP contribution in [0.3, 0.4) is 0 Å². The highest BCUT2D eigenvalue weighted by Gasteiger charge is 1.99. The van der Waals surface area contributed by atoms with Gasteiger partial charge in [0.1, 0.15) is 5.75 Å². The number of benzene rings is 1. The third kappa shape index (κ3) is 4.95. The molecule has 0 aliphatic rings. The van der Waals surface area contributed by atoms with Gasteiger partial charge < -0.3 is 10.1 Å². The van der Waals surface area contributed by atoms with Crippen molar-refractivity contribution in [3.05, 3.63) is 46.7 Å². The van der Waals surface area contributed by atoms with Gasteiger partial charge in [0.25, 0.3) is 0 Å². The van der Waals surface area contributed by atoms with Crippen LogP contribution < -0.4 is 10.1 Å². The molecule has 0 amide bonds. The number of anilines is 1. The number of thiophene rings is 1. The fraction of sp³-hybridized carbons (Fsp3) is 0.375. The highest BCUT2D eigenvalue weighted by Crippen LogP contribution is 2.18. The summed E-state index contributed by atoms with van der Waals surface area (Å²) in [5.74, 6) is 1.49. The number of ether oxygens (including phenoxy) is 1. The van der Waals surface area contributed by atoms with Gasteiger partial charge in [-0.05, 0) is 35.9 Å². The lowest BCUT2D eigenvalue weighted by molar-refractivity contribution is 0.271. The molecule has 2 aromatic rings. The van der Waals surface area contributed by atoms with Gasteiger partial charge >= 0.3 is 0 Å². The molecule has 0 aliphatic heterocycles. The van der Waals surface area contributed by atoms with E-state index >= 15 is 0 Å². The standard InChI is InChI=1S/C16H21NOS/c1-13(2)12-18-15-6-3-5-14(11-15)17-9-8-16-7-4-10-19-16/h3-7,10-11,13,17H,8-9,12H2,1-2H3. The molecular weight excluding hydrogens is 254 g/mol. The predicted octanol–water partition coefficient (Wildman–Crippen LogP) is 4.44. The first-order valence-corrected chi connectivity index (χ1v) is 7.61. The lowest BCUT2D eigenvalue weighted by atomic mass is 10.2. The normalized spacial score (nSPS) is 10.7. The molecule has 0 unspecified atom stereocenters. The van der Waals surface area contributed by atoms with Crippen molar-refractivity contribution in [1.82, 2.24) is 0 Å². The van der Waals surface area contributed by atoms with Gasteiger partial charge in [-0.3, -0.25) is 0 Å². The van der Waals surface area contributed by atoms with Crippen LogP contribution in [-0.4, -0.2) is 13.2 Å². The van der Waals surface area contributed by atoms with Crippen molar-refractivity contribution in [3.8, 4) is 5.75 Å². The minimum Gasteiger partial charge on any atom is -0.493 e. The fourth-order valence-corrected chi connectivity index (χ4v) is 2.45. The fourth-order valence-electron chi connectivity index (χ4n) is 1.74. The van der Waals surface area contributed by atoms with Crippen LogP contribution in [0, 0.1) is 5.92 Å². The second-order valence-electron chi connectivity index (χ2n) is 4.99. The second-order valence-corrected chi connectivity index (χ2v) is 6.02. The Morgan fingerprint density at radius 3 is 2.84 bits per heavy atom. The van der Waals surface area contributed by atoms with E-state index < -0.39 is 0 Å². The Morgan fingerprint density at radius 2 is 2.11 bits per heavy atom. The molecule has 0 fully saturated rings. The molecule has 0 spiro atoms. The number of nitrogens with one attached hydrogen (secondary N) is 1. The molecule has 0 saturated carbocycles. The Kier molecular flexibility index (Phi) is 5.28. The maximum Gasteiger partial charge on any atom is 0.121 e. The molecule has 0 aliphatic carbocycles. The quantitative estimate of drug-likeness (QED) is 0.806. The van der Waals surface area contributed by atoms with E-state index in [0.717, 1.165) is 31.0 Å². The second kappa shape index (κ2) is 7.19. The minimum absolute atomic E-state index is 0.551. The van der Waals surface area contributed by atoms with Gasteiger partial charge in [-0.15, -0.1) is 11.3 Å². The summed E-state index contributed by atoms with van der Waals surface area (Å²) >= 11 is 1.81. The van der Waals surface area contributed by atoms with Gasteiger partial charge in [-0.25, -0.2) is 0 Å². The average Bonchev–Trinajstić information content (AvgIpc) is 2.90. The summed E-state index contributed by atoms with van der Waals surface area (Å²) in [6, 6.07) is 12.5. The molecule has 19 heavy (non-hydrogen) atoms. The molecule has 1 aromatic heterocycles. The van der Waals surface area contributed by atoms with Gasteiger partial charge in [0.15, 0.2) is 0 Å². The molecule has 0 atom stereocenters. The SMILES string of the molecule is CC(C)COc1cccc(NCCc2cccs2)c1. The van der Waals surface area contributed by atoms with Crippen LogP contribution in [0.1, 0.15) is 18.7 Å². The molecule has 1 heterocycles. The summed E-state index contributed by atoms with van der Waals surface area (Å²) < 4.78 is 5.72. The molecular formula is C16H21NOS. The van der Waals surface area contributed by atoms with Gasteiger partial charge in [0, 0.05) is 23.2 Å². The Balaban J connectivity index is 1.81. The Morgan fingerprint density at radius 1 is 1.21 bits per heavy atom. The zero-order valence-corrected chi connectivity index (χ0v) is 12.4. The first-order valence-electron chi connectivity index (χ1n) is 6.73. The topological polar surface area (TPSA) is 21.3 Å². The third-order valence-electron chi connectivity index (χ3n) is 2.70. The predicted molar refractivity (Wildman–Crippen MR) is 83.3 cm³/mol. The van der Waals surface area contributed by atoms with E-state index in [2.05, 4.69) is 48.8 Å². The van der Waals surface area contributed by atoms with Gasteiger partial charge in [0.05, 0.1) is 6.61 Å². The Labute approximate surface area is 119 Å². The smallest absolute Gasteiger partial charge is 0.121 e. The van der Waals surface area contributed by atoms with Crippen LogP contribution in [0.2, 0.25) is 0 Å². The van der Waals surface area contributed by atoms with Crippen LogP contribution in [0.4, 0.5) is 5.69 Å². The van der Waals surface area contributed by atoms with Crippen LogP contribution in [0.25, 0.3) is 0 Å². The molecule has 3 heteroatoms. The van der Waals surface area contributed by atoms with E-state index in [-0.39, 0.29) is 0 Å². The molecule has 0 bridgehead atoms. The Hall–Kier alpha value is -1.48. The summed E-state index contributed by atoms with van der Waals surface area (Å²) in [7, 11) is 0. The monoisotopic (exact) mass is 275 g/mol. The first kappa shape index (κ1) is 13.9. The van der Waals surface area contributed by atoms with Crippen LogP contribution in [0.5, 0.6) is 5.75 Å². The largest absolute Gasteiger partial charge is 0.493 e. The van der Waals surface area contributed by atoms with E-state index in [0.29, 0.717) is 5.92 Å². The number of rotatable bonds is 7. The lowest BCUT2D eigenvalue weighted by Gasteiger charge is -2.11. The number of hydrogen-bond donors (Lipinski definition) is 1. The molecule has 0 saturated heterocycles. The third-order valence-corrected chi connectivity index (χ3v) is 3.63. The first-order chi connectivity index (χ1) is 9.24. The minimum atomic E-state index is 0.551. The molecule has 2 nitrogen and oxygen atoms in total. The van der Waals surface area contributed by atoms with Crippen molar-refractivity contribution >= 4 is 17.0 Å². The van der Waals surface area contributed by atoms with Crippen LogP contribution in [0.15, 0.2) is 41.8 Å². The van der Waals surface area contributed by atoms with Crippen molar-refractivity contribution in [3.63, 3.8) is 0 Å². The van der Waals surface area contributed by atoms with Crippen molar-refractivity contribution in [2.45, 2.75) is 20.3 Å². The summed E-state index contributed by atoms with van der Waals surface area (Å²) in [5, 5.41) is 5.56. The highest BCUT2D eigenvalue weighted by atomic mass is 32.1. The van der Waals surface area contributed by atoms with Crippen molar-refractivity contribution in [2.24, 2.45) is 5.92 Å². The van der Waals surface area contributed by atoms with Crippen molar-refractivity contribution < 1.29 is 4.74 Å². The Bertz CT molecular complexity index is 479. The van der Waals surface area contributed by atoms with Gasteiger partial charge in [-0.2, -0.15) is 0 Å². The molecule has 102 valence electrons. The van der Waals surface area contributed by atoms with E-state index in [1.165, 1.54) is 4.88 Å². The maximum atomic E-state index is 5.72. The summed E-state index contributed by atoms with van der Waals surface area (Å²) in [4.78, 5) is 1.42. The molecule has 1 aromatic carbocycles. The average molecular weight is 275 g/mol. The van der Waals surface area contributed by atoms with Crippen molar-refractivity contribution in [1.29, 1.82) is 0 Å². The summed E-state index contributed by atoms with van der Waals surface area (Å²) in [6.45, 7) is 6.03. The van der Waals surface area contributed by atoms with Crippen LogP contribution in [-0.2, 0) is 6.42 Å². The molecule has 1 N–H and O–H groups in total. The van der Waals surface area contributed by atoms with E-state index in [1.54, 1.807) is 0 Å². The van der Waals surface area contributed by atoms with Crippen molar-refractivity contribution in [2.75, 3.05) is 18.5 Å². The van der Waals surface area contributed by atoms with E-state index in [4.69, 9.17) is 4.74 Å².